The second-order valence-corrected chi connectivity index (χ2v) is 7.12. The van der Waals surface area contributed by atoms with E-state index in [0.29, 0.717) is 24.0 Å². The van der Waals surface area contributed by atoms with Crippen molar-refractivity contribution in [3.63, 3.8) is 0 Å². The van der Waals surface area contributed by atoms with E-state index in [1.807, 2.05) is 20.8 Å². The van der Waals surface area contributed by atoms with Gasteiger partial charge in [0.2, 0.25) is 0 Å². The molecular formula is C15H20BrFN2O2. The van der Waals surface area contributed by atoms with E-state index in [-0.39, 0.29) is 18.0 Å². The molecule has 1 aliphatic rings. The number of amides is 1. The SMILES string of the molecule is CC(C)(C)OC(=O)N1CCC(N)c2cc(F)c(Br)cc2C1. The lowest BCUT2D eigenvalue weighted by Crippen LogP contribution is -2.36. The first-order chi connectivity index (χ1) is 9.67. The highest BCUT2D eigenvalue weighted by Crippen LogP contribution is 2.30. The molecule has 0 spiro atoms. The fourth-order valence-corrected chi connectivity index (χ4v) is 2.69. The number of hydrogen-bond acceptors (Lipinski definition) is 3. The Labute approximate surface area is 132 Å². The van der Waals surface area contributed by atoms with E-state index >= 15 is 0 Å². The Kier molecular flexibility index (Phi) is 4.58. The van der Waals surface area contributed by atoms with Crippen molar-refractivity contribution in [2.24, 2.45) is 5.73 Å². The van der Waals surface area contributed by atoms with Gasteiger partial charge in [0, 0.05) is 19.1 Å². The van der Waals surface area contributed by atoms with Gasteiger partial charge in [0.15, 0.2) is 0 Å². The largest absolute Gasteiger partial charge is 0.444 e. The quantitative estimate of drug-likeness (QED) is 0.768. The van der Waals surface area contributed by atoms with Crippen LogP contribution in [0.5, 0.6) is 0 Å². The van der Waals surface area contributed by atoms with E-state index in [9.17, 15) is 9.18 Å². The third kappa shape index (κ3) is 3.95. The minimum absolute atomic E-state index is 0.282. The number of carbonyl (C=O) groups excluding carboxylic acids is 1. The standard InChI is InChI=1S/C15H20BrFN2O2/c1-15(2,3)21-14(20)19-5-4-13(18)10-7-12(17)11(16)6-9(10)8-19/h6-7,13H,4-5,8,18H2,1-3H3. The maximum Gasteiger partial charge on any atom is 0.410 e. The van der Waals surface area contributed by atoms with Gasteiger partial charge >= 0.3 is 6.09 Å². The summed E-state index contributed by atoms with van der Waals surface area (Å²) in [5.41, 5.74) is 7.15. The van der Waals surface area contributed by atoms with Crippen LogP contribution in [0.25, 0.3) is 0 Å². The second-order valence-electron chi connectivity index (χ2n) is 6.26. The Morgan fingerprint density at radius 1 is 1.48 bits per heavy atom. The van der Waals surface area contributed by atoms with Crippen LogP contribution in [0.2, 0.25) is 0 Å². The molecule has 4 nitrogen and oxygen atoms in total. The summed E-state index contributed by atoms with van der Waals surface area (Å²) in [6, 6.07) is 2.85. The van der Waals surface area contributed by atoms with Crippen LogP contribution < -0.4 is 5.73 Å². The topological polar surface area (TPSA) is 55.6 Å². The molecule has 1 amide bonds. The van der Waals surface area contributed by atoms with E-state index in [1.54, 1.807) is 11.0 Å². The molecule has 2 N–H and O–H groups in total. The number of benzene rings is 1. The van der Waals surface area contributed by atoms with Gasteiger partial charge < -0.3 is 15.4 Å². The number of nitrogens with two attached hydrogens (primary N) is 1. The molecule has 1 aliphatic heterocycles. The van der Waals surface area contributed by atoms with Crippen LogP contribution in [-0.2, 0) is 11.3 Å². The first kappa shape index (κ1) is 16.2. The molecule has 1 aromatic carbocycles. The molecule has 0 bridgehead atoms. The molecule has 0 aliphatic carbocycles. The zero-order valence-electron chi connectivity index (χ0n) is 12.5. The highest BCUT2D eigenvalue weighted by molar-refractivity contribution is 9.10. The van der Waals surface area contributed by atoms with E-state index < -0.39 is 5.60 Å². The predicted octanol–water partition coefficient (Wildman–Crippen LogP) is 3.73. The van der Waals surface area contributed by atoms with Gasteiger partial charge in [0.1, 0.15) is 11.4 Å². The average Bonchev–Trinajstić information content (AvgIpc) is 2.49. The van der Waals surface area contributed by atoms with Crippen molar-refractivity contribution in [3.8, 4) is 0 Å². The van der Waals surface area contributed by atoms with Crippen LogP contribution in [0.4, 0.5) is 9.18 Å². The Bertz CT molecular complexity index is 557. The maximum absolute atomic E-state index is 13.7. The Balaban J connectivity index is 2.27. The molecule has 1 heterocycles. The van der Waals surface area contributed by atoms with Gasteiger partial charge in [-0.3, -0.25) is 0 Å². The average molecular weight is 359 g/mol. The van der Waals surface area contributed by atoms with Gasteiger partial charge in [-0.05, 0) is 66.4 Å². The molecule has 1 atom stereocenters. The van der Waals surface area contributed by atoms with Gasteiger partial charge in [0.05, 0.1) is 4.47 Å². The minimum atomic E-state index is -0.544. The molecule has 2 rings (SSSR count). The fraction of sp³-hybridized carbons (Fsp3) is 0.533. The van der Waals surface area contributed by atoms with Crippen molar-refractivity contribution in [3.05, 3.63) is 33.5 Å². The van der Waals surface area contributed by atoms with E-state index in [0.717, 1.165) is 11.1 Å². The fourth-order valence-electron chi connectivity index (χ4n) is 2.30. The van der Waals surface area contributed by atoms with Crippen LogP contribution >= 0.6 is 15.9 Å². The summed E-state index contributed by atoms with van der Waals surface area (Å²) >= 11 is 3.18. The molecule has 0 radical (unpaired) electrons. The Morgan fingerprint density at radius 3 is 2.76 bits per heavy atom. The molecule has 1 aromatic rings. The van der Waals surface area contributed by atoms with Crippen LogP contribution in [0.1, 0.15) is 44.4 Å². The number of hydrogen-bond donors (Lipinski definition) is 1. The number of carbonyl (C=O) groups is 1. The lowest BCUT2D eigenvalue weighted by Gasteiger charge is -2.26. The normalized spacial score (nSPS) is 19.0. The van der Waals surface area contributed by atoms with Gasteiger partial charge in [-0.2, -0.15) is 0 Å². The first-order valence-electron chi connectivity index (χ1n) is 6.88. The zero-order chi connectivity index (χ0) is 15.8. The molecule has 116 valence electrons. The van der Waals surface area contributed by atoms with Crippen molar-refractivity contribution in [1.29, 1.82) is 0 Å². The summed E-state index contributed by atoms with van der Waals surface area (Å²) in [5.74, 6) is -0.338. The third-order valence-electron chi connectivity index (χ3n) is 3.30. The smallest absolute Gasteiger partial charge is 0.410 e. The third-order valence-corrected chi connectivity index (χ3v) is 3.91. The van der Waals surface area contributed by atoms with Gasteiger partial charge in [-0.15, -0.1) is 0 Å². The highest BCUT2D eigenvalue weighted by atomic mass is 79.9. The van der Waals surface area contributed by atoms with Crippen molar-refractivity contribution >= 4 is 22.0 Å². The lowest BCUT2D eigenvalue weighted by atomic mass is 10.00. The summed E-state index contributed by atoms with van der Waals surface area (Å²) < 4.78 is 19.5. The lowest BCUT2D eigenvalue weighted by molar-refractivity contribution is 0.0235. The van der Waals surface area contributed by atoms with Crippen molar-refractivity contribution in [2.75, 3.05) is 6.54 Å². The van der Waals surface area contributed by atoms with Crippen molar-refractivity contribution in [1.82, 2.24) is 4.90 Å². The van der Waals surface area contributed by atoms with Gasteiger partial charge in [-0.1, -0.05) is 0 Å². The van der Waals surface area contributed by atoms with Crippen LogP contribution in [-0.4, -0.2) is 23.1 Å². The molecule has 0 fully saturated rings. The summed E-state index contributed by atoms with van der Waals surface area (Å²) in [5, 5.41) is 0. The van der Waals surface area contributed by atoms with Crippen LogP contribution in [0, 0.1) is 5.82 Å². The Hall–Kier alpha value is -1.14. The van der Waals surface area contributed by atoms with Gasteiger partial charge in [-0.25, -0.2) is 9.18 Å². The minimum Gasteiger partial charge on any atom is -0.444 e. The first-order valence-corrected chi connectivity index (χ1v) is 7.68. The van der Waals surface area contributed by atoms with E-state index in [1.165, 1.54) is 6.07 Å². The van der Waals surface area contributed by atoms with Crippen molar-refractivity contribution < 1.29 is 13.9 Å². The molecule has 0 saturated carbocycles. The maximum atomic E-state index is 13.7. The summed E-state index contributed by atoms with van der Waals surface area (Å²) in [6.07, 6.45) is 0.204. The van der Waals surface area contributed by atoms with Gasteiger partial charge in [0.25, 0.3) is 0 Å². The second kappa shape index (κ2) is 5.93. The van der Waals surface area contributed by atoms with E-state index in [4.69, 9.17) is 10.5 Å². The predicted molar refractivity (Wildman–Crippen MR) is 82.3 cm³/mol. The molecular weight excluding hydrogens is 339 g/mol. The van der Waals surface area contributed by atoms with Crippen LogP contribution in [0.3, 0.4) is 0 Å². The molecule has 0 aromatic heterocycles. The molecule has 0 saturated heterocycles. The van der Waals surface area contributed by atoms with Crippen LogP contribution in [0.15, 0.2) is 16.6 Å². The number of rotatable bonds is 0. The summed E-state index contributed by atoms with van der Waals surface area (Å²) in [4.78, 5) is 13.8. The van der Waals surface area contributed by atoms with E-state index in [2.05, 4.69) is 15.9 Å². The molecule has 6 heteroatoms. The highest BCUT2D eigenvalue weighted by Gasteiger charge is 2.27. The number of fused-ring (bicyclic) bond motifs is 1. The number of halogens is 2. The monoisotopic (exact) mass is 358 g/mol. The number of nitrogens with zero attached hydrogens (tertiary/aromatic N) is 1. The van der Waals surface area contributed by atoms with Crippen molar-refractivity contribution in [2.45, 2.75) is 45.4 Å². The summed E-state index contributed by atoms with van der Waals surface area (Å²) in [7, 11) is 0. The molecule has 1 unspecified atom stereocenters. The molecule has 21 heavy (non-hydrogen) atoms. The number of ether oxygens (including phenoxy) is 1. The summed E-state index contributed by atoms with van der Waals surface area (Å²) in [6.45, 7) is 6.35. The Morgan fingerprint density at radius 2 is 2.14 bits per heavy atom. The zero-order valence-corrected chi connectivity index (χ0v) is 14.0.